The number of hydrogen-bond acceptors (Lipinski definition) is 3. The monoisotopic (exact) mass is 311 g/mol. The van der Waals surface area contributed by atoms with Crippen LogP contribution in [0.25, 0.3) is 11.0 Å². The van der Waals surface area contributed by atoms with Gasteiger partial charge in [-0.05, 0) is 44.9 Å². The number of halogens is 1. The van der Waals surface area contributed by atoms with Gasteiger partial charge in [0.15, 0.2) is 0 Å². The Bertz CT molecular complexity index is 618. The molecule has 0 aliphatic heterocycles. The van der Waals surface area contributed by atoms with E-state index in [1.54, 1.807) is 6.07 Å². The maximum Gasteiger partial charge on any atom is 0.137 e. The largest absolute Gasteiger partial charge is 0.598 e. The van der Waals surface area contributed by atoms with E-state index in [-0.39, 0.29) is 22.5 Å². The van der Waals surface area contributed by atoms with E-state index in [0.717, 1.165) is 5.39 Å². The molecule has 1 heterocycles. The Morgan fingerprint density at radius 1 is 1.24 bits per heavy atom. The highest BCUT2D eigenvalue weighted by Gasteiger charge is 2.32. The molecule has 1 aromatic carbocycles. The molecule has 0 fully saturated rings. The highest BCUT2D eigenvalue weighted by Crippen LogP contribution is 2.30. The molecule has 3 nitrogen and oxygen atoms in total. The van der Waals surface area contributed by atoms with Crippen molar-refractivity contribution in [2.75, 3.05) is 0 Å². The zero-order chi connectivity index (χ0) is 15.8. The van der Waals surface area contributed by atoms with E-state index < -0.39 is 11.4 Å². The summed E-state index contributed by atoms with van der Waals surface area (Å²) in [7, 11) is 0. The van der Waals surface area contributed by atoms with Crippen LogP contribution in [0.5, 0.6) is 0 Å². The van der Waals surface area contributed by atoms with Crippen LogP contribution in [0.2, 0.25) is 0 Å². The van der Waals surface area contributed by atoms with Crippen molar-refractivity contribution >= 4 is 22.3 Å². The van der Waals surface area contributed by atoms with Gasteiger partial charge in [0, 0.05) is 22.8 Å². The molecule has 5 heteroatoms. The van der Waals surface area contributed by atoms with Crippen molar-refractivity contribution in [1.82, 2.24) is 4.72 Å². The van der Waals surface area contributed by atoms with E-state index in [1.165, 1.54) is 12.1 Å². The summed E-state index contributed by atoms with van der Waals surface area (Å²) < 4.78 is 34.1. The lowest BCUT2D eigenvalue weighted by molar-refractivity contribution is 0.385. The minimum absolute atomic E-state index is 0.180. The average molecular weight is 311 g/mol. The summed E-state index contributed by atoms with van der Waals surface area (Å²) in [6.45, 7) is 9.82. The molecule has 0 amide bonds. The van der Waals surface area contributed by atoms with E-state index in [2.05, 4.69) is 4.72 Å². The number of nitrogens with one attached hydrogen (secondary N) is 1. The van der Waals surface area contributed by atoms with Gasteiger partial charge in [-0.2, -0.15) is 0 Å². The van der Waals surface area contributed by atoms with Crippen LogP contribution in [-0.2, 0) is 11.4 Å². The highest BCUT2D eigenvalue weighted by atomic mass is 32.2. The Labute approximate surface area is 128 Å². The SMILES string of the molecule is CC(C)C(N[S+]([O-])C(C)(C)C)c1cc2ccc(F)cc2o1. The first-order valence-corrected chi connectivity index (χ1v) is 8.20. The molecule has 21 heavy (non-hydrogen) atoms. The number of furan rings is 1. The number of benzene rings is 1. The van der Waals surface area contributed by atoms with Crippen molar-refractivity contribution in [2.24, 2.45) is 5.92 Å². The van der Waals surface area contributed by atoms with Gasteiger partial charge in [0.25, 0.3) is 0 Å². The fourth-order valence-corrected chi connectivity index (χ4v) is 2.97. The summed E-state index contributed by atoms with van der Waals surface area (Å²) in [6, 6.07) is 6.17. The van der Waals surface area contributed by atoms with Crippen molar-refractivity contribution in [3.63, 3.8) is 0 Å². The van der Waals surface area contributed by atoms with Crippen LogP contribution in [-0.4, -0.2) is 9.30 Å². The second-order valence-corrected chi connectivity index (χ2v) is 8.55. The molecule has 0 aliphatic carbocycles. The Balaban J connectivity index is 2.32. The highest BCUT2D eigenvalue weighted by molar-refractivity contribution is 7.90. The van der Waals surface area contributed by atoms with Gasteiger partial charge in [-0.3, -0.25) is 0 Å². The number of fused-ring (bicyclic) bond motifs is 1. The molecule has 2 rings (SSSR count). The maximum atomic E-state index is 13.2. The standard InChI is InChI=1S/C16H22FNO2S/c1-10(2)15(18-21(19)16(3,4)5)14-8-11-6-7-12(17)9-13(11)20-14/h6-10,15,18H,1-5H3. The number of hydrogen-bond donors (Lipinski definition) is 1. The summed E-state index contributed by atoms with van der Waals surface area (Å²) in [5, 5.41) is 0.848. The molecule has 2 unspecified atom stereocenters. The van der Waals surface area contributed by atoms with Crippen LogP contribution >= 0.6 is 0 Å². The fraction of sp³-hybridized carbons (Fsp3) is 0.500. The van der Waals surface area contributed by atoms with Crippen molar-refractivity contribution in [1.29, 1.82) is 0 Å². The van der Waals surface area contributed by atoms with Crippen molar-refractivity contribution in [3.8, 4) is 0 Å². The molecule has 0 aliphatic rings. The summed E-state index contributed by atoms with van der Waals surface area (Å²) in [5.74, 6) is 0.556. The van der Waals surface area contributed by atoms with Gasteiger partial charge in [0.1, 0.15) is 27.9 Å². The Kier molecular flexibility index (Phi) is 4.66. The van der Waals surface area contributed by atoms with Gasteiger partial charge in [-0.15, -0.1) is 4.72 Å². The quantitative estimate of drug-likeness (QED) is 0.855. The summed E-state index contributed by atoms with van der Waals surface area (Å²) in [5.41, 5.74) is 0.513. The van der Waals surface area contributed by atoms with E-state index in [9.17, 15) is 8.94 Å². The number of rotatable bonds is 4. The van der Waals surface area contributed by atoms with Crippen LogP contribution in [0.3, 0.4) is 0 Å². The Hall–Kier alpha value is -1.04. The van der Waals surface area contributed by atoms with E-state index in [0.29, 0.717) is 11.3 Å². The van der Waals surface area contributed by atoms with Gasteiger partial charge < -0.3 is 8.97 Å². The van der Waals surface area contributed by atoms with Gasteiger partial charge >= 0.3 is 0 Å². The summed E-state index contributed by atoms with van der Waals surface area (Å²) in [6.07, 6.45) is 0. The average Bonchev–Trinajstić information content (AvgIpc) is 2.76. The molecule has 0 saturated carbocycles. The molecule has 0 bridgehead atoms. The van der Waals surface area contributed by atoms with Crippen LogP contribution in [0, 0.1) is 11.7 Å². The molecular formula is C16H22FNO2S. The predicted octanol–water partition coefficient (Wildman–Crippen LogP) is 4.32. The Morgan fingerprint density at radius 2 is 1.90 bits per heavy atom. The summed E-state index contributed by atoms with van der Waals surface area (Å²) >= 11 is -1.20. The van der Waals surface area contributed by atoms with Gasteiger partial charge in [-0.1, -0.05) is 13.8 Å². The minimum atomic E-state index is -1.20. The molecule has 116 valence electrons. The molecule has 1 aromatic heterocycles. The molecule has 0 radical (unpaired) electrons. The van der Waals surface area contributed by atoms with Gasteiger partial charge in [-0.25, -0.2) is 4.39 Å². The Morgan fingerprint density at radius 3 is 2.48 bits per heavy atom. The smallest absolute Gasteiger partial charge is 0.137 e. The van der Waals surface area contributed by atoms with Crippen molar-refractivity contribution in [2.45, 2.75) is 45.4 Å². The van der Waals surface area contributed by atoms with Crippen LogP contribution in [0.4, 0.5) is 4.39 Å². The molecule has 2 aromatic rings. The predicted molar refractivity (Wildman–Crippen MR) is 84.8 cm³/mol. The lowest BCUT2D eigenvalue weighted by atomic mass is 10.0. The van der Waals surface area contributed by atoms with Crippen LogP contribution < -0.4 is 4.72 Å². The van der Waals surface area contributed by atoms with Crippen LogP contribution in [0.1, 0.15) is 46.4 Å². The summed E-state index contributed by atoms with van der Waals surface area (Å²) in [4.78, 5) is 0. The van der Waals surface area contributed by atoms with Crippen molar-refractivity contribution in [3.05, 3.63) is 35.8 Å². The molecule has 2 atom stereocenters. The second kappa shape index (κ2) is 5.99. The minimum Gasteiger partial charge on any atom is -0.598 e. The van der Waals surface area contributed by atoms with E-state index in [1.807, 2.05) is 40.7 Å². The third-order valence-electron chi connectivity index (χ3n) is 3.26. The maximum absolute atomic E-state index is 13.2. The van der Waals surface area contributed by atoms with E-state index >= 15 is 0 Å². The van der Waals surface area contributed by atoms with E-state index in [4.69, 9.17) is 4.42 Å². The second-order valence-electron chi connectivity index (χ2n) is 6.55. The fourth-order valence-electron chi connectivity index (χ4n) is 1.99. The lowest BCUT2D eigenvalue weighted by Gasteiger charge is -2.28. The van der Waals surface area contributed by atoms with Gasteiger partial charge in [0.05, 0.1) is 0 Å². The third kappa shape index (κ3) is 3.78. The zero-order valence-electron chi connectivity index (χ0n) is 13.1. The normalized spacial score (nSPS) is 15.6. The molecular weight excluding hydrogens is 289 g/mol. The first kappa shape index (κ1) is 16.3. The molecule has 1 N–H and O–H groups in total. The topological polar surface area (TPSA) is 48.2 Å². The molecule has 0 saturated heterocycles. The first-order valence-electron chi connectivity index (χ1n) is 7.05. The van der Waals surface area contributed by atoms with Crippen molar-refractivity contribution < 1.29 is 13.4 Å². The van der Waals surface area contributed by atoms with Gasteiger partial charge in [0.2, 0.25) is 0 Å². The first-order chi connectivity index (χ1) is 9.68. The molecule has 0 spiro atoms. The third-order valence-corrected chi connectivity index (χ3v) is 4.84. The van der Waals surface area contributed by atoms with Crippen LogP contribution in [0.15, 0.2) is 28.7 Å². The lowest BCUT2D eigenvalue weighted by Crippen LogP contribution is -2.42. The zero-order valence-corrected chi connectivity index (χ0v) is 13.9.